The number of hydrogen-bond donors (Lipinski definition) is 2. The van der Waals surface area contributed by atoms with Crippen molar-refractivity contribution in [1.29, 1.82) is 0 Å². The Morgan fingerprint density at radius 1 is 1.12 bits per heavy atom. The lowest BCUT2D eigenvalue weighted by atomic mass is 10.1. The van der Waals surface area contributed by atoms with Crippen LogP contribution in [0.15, 0.2) is 41.3 Å². The molecule has 0 spiro atoms. The molecule has 2 aromatic carbocycles. The van der Waals surface area contributed by atoms with Crippen LogP contribution in [0.4, 0.5) is 5.69 Å². The third-order valence-electron chi connectivity index (χ3n) is 4.09. The highest BCUT2D eigenvalue weighted by Crippen LogP contribution is 2.20. The lowest BCUT2D eigenvalue weighted by Gasteiger charge is -2.13. The molecule has 2 rings (SSSR count). The Labute approximate surface area is 148 Å². The average molecular weight is 361 g/mol. The van der Waals surface area contributed by atoms with Gasteiger partial charge in [0.1, 0.15) is 0 Å². The predicted octanol–water partition coefficient (Wildman–Crippen LogP) is 1.95. The molecule has 0 aliphatic rings. The summed E-state index contributed by atoms with van der Waals surface area (Å²) in [5, 5.41) is 8.04. The van der Waals surface area contributed by atoms with Gasteiger partial charge in [-0.05, 0) is 54.8 Å². The summed E-state index contributed by atoms with van der Waals surface area (Å²) in [6.07, 6.45) is 0. The third-order valence-corrected chi connectivity index (χ3v) is 5.13. The summed E-state index contributed by atoms with van der Waals surface area (Å²) >= 11 is 0. The molecule has 0 atom stereocenters. The average Bonchev–Trinajstić information content (AvgIpc) is 2.54. The number of primary sulfonamides is 1. The van der Waals surface area contributed by atoms with Crippen LogP contribution in [0.2, 0.25) is 0 Å². The van der Waals surface area contributed by atoms with Gasteiger partial charge in [0.15, 0.2) is 0 Å². The molecule has 2 aromatic rings. The van der Waals surface area contributed by atoms with E-state index in [1.807, 2.05) is 43.3 Å². The number of carbonyl (C=O) groups excluding carboxylic acids is 1. The third kappa shape index (κ3) is 4.58. The van der Waals surface area contributed by atoms with E-state index in [0.717, 1.165) is 11.3 Å². The number of hydrogen-bond acceptors (Lipinski definition) is 4. The van der Waals surface area contributed by atoms with Gasteiger partial charge in [-0.2, -0.15) is 0 Å². The summed E-state index contributed by atoms with van der Waals surface area (Å²) in [5.41, 5.74) is 3.55. The number of nitrogens with two attached hydrogens (primary N) is 1. The molecule has 0 aromatic heterocycles. The van der Waals surface area contributed by atoms with Crippen LogP contribution >= 0.6 is 0 Å². The molecule has 3 N–H and O–H groups in total. The SMILES string of the molecule is Cc1cc(C(=O)NCc2ccc(N(C)C)cc2)cc(S(N)(=O)=O)c1C. The summed E-state index contributed by atoms with van der Waals surface area (Å²) < 4.78 is 23.4. The van der Waals surface area contributed by atoms with Gasteiger partial charge in [0.2, 0.25) is 10.0 Å². The van der Waals surface area contributed by atoms with Crippen molar-refractivity contribution < 1.29 is 13.2 Å². The zero-order valence-electron chi connectivity index (χ0n) is 14.8. The number of carbonyl (C=O) groups is 1. The standard InChI is InChI=1S/C18H23N3O3S/c1-12-9-15(10-17(13(12)2)25(19,23)24)18(22)20-11-14-5-7-16(8-6-14)21(3)4/h5-10H,11H2,1-4H3,(H,20,22)(H2,19,23,24). The molecule has 0 bridgehead atoms. The number of amides is 1. The Hall–Kier alpha value is -2.38. The molecule has 0 saturated heterocycles. The first-order valence-electron chi connectivity index (χ1n) is 7.78. The highest BCUT2D eigenvalue weighted by Gasteiger charge is 2.17. The minimum Gasteiger partial charge on any atom is -0.378 e. The smallest absolute Gasteiger partial charge is 0.251 e. The van der Waals surface area contributed by atoms with Crippen molar-refractivity contribution in [3.05, 3.63) is 58.7 Å². The molecule has 6 nitrogen and oxygen atoms in total. The molecule has 0 unspecified atom stereocenters. The van der Waals surface area contributed by atoms with E-state index in [1.54, 1.807) is 19.9 Å². The van der Waals surface area contributed by atoms with Crippen molar-refractivity contribution in [3.63, 3.8) is 0 Å². The van der Waals surface area contributed by atoms with Crippen LogP contribution in [0.3, 0.4) is 0 Å². The molecule has 25 heavy (non-hydrogen) atoms. The van der Waals surface area contributed by atoms with Crippen LogP contribution in [0.5, 0.6) is 0 Å². The largest absolute Gasteiger partial charge is 0.378 e. The van der Waals surface area contributed by atoms with Gasteiger partial charge in [0.25, 0.3) is 5.91 Å². The lowest BCUT2D eigenvalue weighted by Crippen LogP contribution is -2.24. The molecule has 0 aliphatic carbocycles. The number of anilines is 1. The fourth-order valence-electron chi connectivity index (χ4n) is 2.45. The lowest BCUT2D eigenvalue weighted by molar-refractivity contribution is 0.0950. The van der Waals surface area contributed by atoms with Crippen LogP contribution in [-0.2, 0) is 16.6 Å². The Morgan fingerprint density at radius 2 is 1.72 bits per heavy atom. The second kappa shape index (κ2) is 7.25. The number of aryl methyl sites for hydroxylation is 1. The van der Waals surface area contributed by atoms with Crippen LogP contribution in [0.25, 0.3) is 0 Å². The van der Waals surface area contributed by atoms with Crippen molar-refractivity contribution in [2.75, 3.05) is 19.0 Å². The van der Waals surface area contributed by atoms with Crippen molar-refractivity contribution in [3.8, 4) is 0 Å². The van der Waals surface area contributed by atoms with Gasteiger partial charge in [-0.25, -0.2) is 13.6 Å². The number of sulfonamides is 1. The van der Waals surface area contributed by atoms with E-state index < -0.39 is 10.0 Å². The Kier molecular flexibility index (Phi) is 5.49. The van der Waals surface area contributed by atoms with Crippen LogP contribution in [0.1, 0.15) is 27.0 Å². The normalized spacial score (nSPS) is 11.2. The summed E-state index contributed by atoms with van der Waals surface area (Å²) in [4.78, 5) is 14.4. The van der Waals surface area contributed by atoms with Crippen molar-refractivity contribution in [2.45, 2.75) is 25.3 Å². The van der Waals surface area contributed by atoms with E-state index >= 15 is 0 Å². The molecule has 0 heterocycles. The van der Waals surface area contributed by atoms with Crippen LogP contribution in [0, 0.1) is 13.8 Å². The summed E-state index contributed by atoms with van der Waals surface area (Å²) in [5.74, 6) is -0.343. The zero-order chi connectivity index (χ0) is 18.8. The summed E-state index contributed by atoms with van der Waals surface area (Å²) in [6.45, 7) is 3.77. The van der Waals surface area contributed by atoms with Crippen LogP contribution in [-0.4, -0.2) is 28.4 Å². The van der Waals surface area contributed by atoms with Gasteiger partial charge in [-0.1, -0.05) is 12.1 Å². The number of nitrogens with one attached hydrogen (secondary N) is 1. The second-order valence-electron chi connectivity index (χ2n) is 6.20. The predicted molar refractivity (Wildman–Crippen MR) is 99.2 cm³/mol. The molecule has 134 valence electrons. The van der Waals surface area contributed by atoms with Gasteiger partial charge in [-0.15, -0.1) is 0 Å². The van der Waals surface area contributed by atoms with Gasteiger partial charge < -0.3 is 10.2 Å². The van der Waals surface area contributed by atoms with Gasteiger partial charge >= 0.3 is 0 Å². The van der Waals surface area contributed by atoms with E-state index in [0.29, 0.717) is 17.7 Å². The molecule has 7 heteroatoms. The topological polar surface area (TPSA) is 92.5 Å². The Balaban J connectivity index is 2.17. The molecule has 0 aliphatic heterocycles. The molecule has 0 radical (unpaired) electrons. The summed E-state index contributed by atoms with van der Waals surface area (Å²) in [7, 11) is 0.0391. The quantitative estimate of drug-likeness (QED) is 0.851. The number of rotatable bonds is 5. The van der Waals surface area contributed by atoms with Gasteiger partial charge in [-0.3, -0.25) is 4.79 Å². The van der Waals surface area contributed by atoms with Gasteiger partial charge in [0, 0.05) is 31.9 Å². The maximum atomic E-state index is 12.4. The van der Waals surface area contributed by atoms with E-state index in [4.69, 9.17) is 5.14 Å². The Morgan fingerprint density at radius 3 is 2.24 bits per heavy atom. The first-order chi connectivity index (χ1) is 11.6. The van der Waals surface area contributed by atoms with Crippen LogP contribution < -0.4 is 15.4 Å². The van der Waals surface area contributed by atoms with E-state index in [-0.39, 0.29) is 16.4 Å². The number of benzene rings is 2. The van der Waals surface area contributed by atoms with Crippen molar-refractivity contribution in [1.82, 2.24) is 5.32 Å². The minimum atomic E-state index is -3.88. The van der Waals surface area contributed by atoms with Crippen molar-refractivity contribution >= 4 is 21.6 Å². The molecule has 0 saturated carbocycles. The van der Waals surface area contributed by atoms with E-state index in [1.165, 1.54) is 6.07 Å². The first kappa shape index (κ1) is 19.0. The Bertz CT molecular complexity index is 889. The van der Waals surface area contributed by atoms with E-state index in [9.17, 15) is 13.2 Å². The number of nitrogens with zero attached hydrogens (tertiary/aromatic N) is 1. The maximum Gasteiger partial charge on any atom is 0.251 e. The highest BCUT2D eigenvalue weighted by atomic mass is 32.2. The first-order valence-corrected chi connectivity index (χ1v) is 9.32. The second-order valence-corrected chi connectivity index (χ2v) is 7.73. The van der Waals surface area contributed by atoms with E-state index in [2.05, 4.69) is 5.32 Å². The summed E-state index contributed by atoms with van der Waals surface area (Å²) in [6, 6.07) is 10.8. The van der Waals surface area contributed by atoms with Gasteiger partial charge in [0.05, 0.1) is 4.90 Å². The fourth-order valence-corrected chi connectivity index (χ4v) is 3.33. The fraction of sp³-hybridized carbons (Fsp3) is 0.278. The molecule has 1 amide bonds. The molecule has 0 fully saturated rings. The molecular weight excluding hydrogens is 338 g/mol. The zero-order valence-corrected chi connectivity index (χ0v) is 15.6. The highest BCUT2D eigenvalue weighted by molar-refractivity contribution is 7.89. The van der Waals surface area contributed by atoms with Crippen molar-refractivity contribution in [2.24, 2.45) is 5.14 Å². The monoisotopic (exact) mass is 361 g/mol. The minimum absolute atomic E-state index is 0.0204. The molecular formula is C18H23N3O3S. The maximum absolute atomic E-state index is 12.4.